The normalized spacial score (nSPS) is 13.3. The van der Waals surface area contributed by atoms with Gasteiger partial charge in [0.2, 0.25) is 5.65 Å². The summed E-state index contributed by atoms with van der Waals surface area (Å²) in [5.74, 6) is 0.166. The average Bonchev–Trinajstić information content (AvgIpc) is 3.24. The standard InChI is InChI=1S/C22H15BrFN5O2S/c23-15-7-11-17(12-8-15)32(30,31)22-21-26-20(25-13-14-5-9-16(24)10-6-14)18-3-1-2-4-19(18)29(21)28-27-22/h1-12H,13H2,(H-,25,26,30,31). The predicted molar refractivity (Wildman–Crippen MR) is 122 cm³/mol. The summed E-state index contributed by atoms with van der Waals surface area (Å²) in [7, 11) is -3.94. The van der Waals surface area contributed by atoms with E-state index in [-0.39, 0.29) is 21.4 Å². The summed E-state index contributed by atoms with van der Waals surface area (Å²) in [6.07, 6.45) is 0. The van der Waals surface area contributed by atoms with Gasteiger partial charge in [-0.2, -0.15) is 4.52 Å². The zero-order chi connectivity index (χ0) is 22.3. The molecule has 0 saturated heterocycles. The minimum absolute atomic E-state index is 0.0962. The molecule has 3 aromatic carbocycles. The summed E-state index contributed by atoms with van der Waals surface area (Å²) in [6.45, 7) is 0.379. The Balaban J connectivity index is 1.63. The van der Waals surface area contributed by atoms with Crippen LogP contribution in [0.2, 0.25) is 0 Å². The van der Waals surface area contributed by atoms with Gasteiger partial charge in [0.15, 0.2) is 4.90 Å². The van der Waals surface area contributed by atoms with Crippen LogP contribution in [-0.4, -0.2) is 24.4 Å². The molecule has 160 valence electrons. The van der Waals surface area contributed by atoms with Gasteiger partial charge in [0.25, 0.3) is 0 Å². The number of rotatable bonds is 5. The van der Waals surface area contributed by atoms with Gasteiger partial charge < -0.3 is 9.87 Å². The Labute approximate surface area is 191 Å². The van der Waals surface area contributed by atoms with Gasteiger partial charge in [-0.25, -0.2) is 9.37 Å². The second-order valence-corrected chi connectivity index (χ2v) is 9.83. The smallest absolute Gasteiger partial charge is 0.317 e. The van der Waals surface area contributed by atoms with Crippen molar-refractivity contribution >= 4 is 48.5 Å². The Morgan fingerprint density at radius 2 is 1.75 bits per heavy atom. The molecule has 10 heteroatoms. The fraction of sp³-hybridized carbons (Fsp3) is 0.0455. The highest BCUT2D eigenvalue weighted by atomic mass is 79.9. The predicted octanol–water partition coefficient (Wildman–Crippen LogP) is 4.84. The Morgan fingerprint density at radius 1 is 1.03 bits per heavy atom. The van der Waals surface area contributed by atoms with Gasteiger partial charge in [0.05, 0.1) is 5.52 Å². The Morgan fingerprint density at radius 3 is 2.50 bits per heavy atom. The SMILES string of the molecule is O=[S+]([O-])(c1ccc(Br)cc1)c1nnn2c1nc(NCc1ccc(F)cc1)c1ccccc12. The quantitative estimate of drug-likeness (QED) is 0.339. The van der Waals surface area contributed by atoms with Gasteiger partial charge in [-0.1, -0.05) is 54.7 Å². The van der Waals surface area contributed by atoms with Crippen LogP contribution in [0.25, 0.3) is 16.6 Å². The number of hydrogen-bond donors (Lipinski definition) is 1. The highest BCUT2D eigenvalue weighted by Crippen LogP contribution is 2.31. The lowest BCUT2D eigenvalue weighted by Crippen LogP contribution is -2.13. The zero-order valence-electron chi connectivity index (χ0n) is 16.4. The van der Waals surface area contributed by atoms with Gasteiger partial charge in [-0.3, -0.25) is 0 Å². The van der Waals surface area contributed by atoms with Gasteiger partial charge in [-0.05, 0) is 54.1 Å². The maximum absolute atomic E-state index is 13.3. The summed E-state index contributed by atoms with van der Waals surface area (Å²) in [5.41, 5.74) is 1.63. The maximum Gasteiger partial charge on any atom is 0.317 e. The first-order chi connectivity index (χ1) is 15.4. The molecule has 1 unspecified atom stereocenters. The lowest BCUT2D eigenvalue weighted by Gasteiger charge is -2.13. The second kappa shape index (κ2) is 8.05. The van der Waals surface area contributed by atoms with E-state index in [0.717, 1.165) is 15.4 Å². The van der Waals surface area contributed by atoms with Crippen LogP contribution >= 0.6 is 15.9 Å². The lowest BCUT2D eigenvalue weighted by atomic mass is 10.2. The Hall–Kier alpha value is -3.21. The van der Waals surface area contributed by atoms with Crippen molar-refractivity contribution in [3.8, 4) is 0 Å². The number of para-hydroxylation sites is 1. The van der Waals surface area contributed by atoms with Crippen LogP contribution in [0.5, 0.6) is 0 Å². The van der Waals surface area contributed by atoms with E-state index in [1.165, 1.54) is 28.8 Å². The van der Waals surface area contributed by atoms with E-state index in [1.54, 1.807) is 24.3 Å². The van der Waals surface area contributed by atoms with Crippen molar-refractivity contribution in [2.45, 2.75) is 16.5 Å². The van der Waals surface area contributed by atoms with Gasteiger partial charge >= 0.3 is 5.03 Å². The highest BCUT2D eigenvalue weighted by Gasteiger charge is 2.32. The van der Waals surface area contributed by atoms with Crippen LogP contribution in [0.1, 0.15) is 5.56 Å². The molecule has 0 bridgehead atoms. The van der Waals surface area contributed by atoms with Crippen LogP contribution in [0.3, 0.4) is 0 Å². The summed E-state index contributed by atoms with van der Waals surface area (Å²) in [4.78, 5) is 4.67. The van der Waals surface area contributed by atoms with Gasteiger partial charge in [0, 0.05) is 16.4 Å². The molecular formula is C22H15BrFN5O2S. The molecule has 1 N–H and O–H groups in total. The van der Waals surface area contributed by atoms with Crippen molar-refractivity contribution in [3.05, 3.63) is 88.6 Å². The number of halogens is 2. The molecule has 0 aliphatic rings. The number of nitrogens with one attached hydrogen (secondary N) is 1. The van der Waals surface area contributed by atoms with E-state index in [4.69, 9.17) is 0 Å². The Kier molecular flexibility index (Phi) is 5.20. The molecule has 7 nitrogen and oxygen atoms in total. The third-order valence-electron chi connectivity index (χ3n) is 4.97. The maximum atomic E-state index is 13.3. The van der Waals surface area contributed by atoms with Crippen molar-refractivity contribution in [2.24, 2.45) is 0 Å². The van der Waals surface area contributed by atoms with E-state index in [1.807, 2.05) is 24.3 Å². The van der Waals surface area contributed by atoms with E-state index >= 15 is 0 Å². The van der Waals surface area contributed by atoms with Gasteiger partial charge in [0.1, 0.15) is 21.8 Å². The average molecular weight is 512 g/mol. The largest absolute Gasteiger partial charge is 0.604 e. The van der Waals surface area contributed by atoms with Crippen molar-refractivity contribution in [3.63, 3.8) is 0 Å². The van der Waals surface area contributed by atoms with Crippen LogP contribution in [-0.2, 0) is 21.0 Å². The molecule has 0 amide bonds. The van der Waals surface area contributed by atoms with Crippen molar-refractivity contribution in [2.75, 3.05) is 5.32 Å². The number of sulfone groups is 1. The fourth-order valence-corrected chi connectivity index (χ4v) is 4.87. The number of hydrogen-bond acceptors (Lipinski definition) is 6. The van der Waals surface area contributed by atoms with Gasteiger partial charge in [-0.15, -0.1) is 0 Å². The van der Waals surface area contributed by atoms with Crippen molar-refractivity contribution in [1.29, 1.82) is 0 Å². The summed E-state index contributed by atoms with van der Waals surface area (Å²) >= 11 is 3.31. The first kappa shape index (κ1) is 20.7. The molecule has 0 saturated carbocycles. The number of fused-ring (bicyclic) bond motifs is 3. The van der Waals surface area contributed by atoms with E-state index in [2.05, 4.69) is 36.5 Å². The second-order valence-electron chi connectivity index (χ2n) is 7.04. The molecule has 0 spiro atoms. The number of anilines is 1. The van der Waals surface area contributed by atoms with Crippen molar-refractivity contribution in [1.82, 2.24) is 19.8 Å². The molecule has 0 aliphatic heterocycles. The molecule has 5 aromatic rings. The van der Waals surface area contributed by atoms with Crippen LogP contribution < -0.4 is 5.32 Å². The minimum Gasteiger partial charge on any atom is -0.604 e. The summed E-state index contributed by atoms with van der Waals surface area (Å²) in [5, 5.41) is 11.8. The minimum atomic E-state index is -3.94. The summed E-state index contributed by atoms with van der Waals surface area (Å²) < 4.78 is 41.9. The Bertz CT molecular complexity index is 1490. The van der Waals surface area contributed by atoms with Crippen LogP contribution in [0.15, 0.2) is 87.2 Å². The molecule has 2 aromatic heterocycles. The number of benzene rings is 3. The van der Waals surface area contributed by atoms with Crippen LogP contribution in [0, 0.1) is 5.82 Å². The summed E-state index contributed by atoms with van der Waals surface area (Å²) in [6, 6.07) is 19.8. The molecule has 0 fully saturated rings. The third kappa shape index (κ3) is 3.66. The molecule has 0 radical (unpaired) electrons. The monoisotopic (exact) mass is 511 g/mol. The first-order valence-electron chi connectivity index (χ1n) is 9.56. The van der Waals surface area contributed by atoms with Crippen molar-refractivity contribution < 1.29 is 13.2 Å². The fourth-order valence-electron chi connectivity index (χ4n) is 3.37. The molecule has 32 heavy (non-hydrogen) atoms. The zero-order valence-corrected chi connectivity index (χ0v) is 18.8. The van der Waals surface area contributed by atoms with E-state index < -0.39 is 10.2 Å². The number of nitrogens with zero attached hydrogens (tertiary/aromatic N) is 4. The molecule has 5 rings (SSSR count). The van der Waals surface area contributed by atoms with Crippen LogP contribution in [0.4, 0.5) is 10.2 Å². The number of aromatic nitrogens is 4. The third-order valence-corrected chi connectivity index (χ3v) is 7.17. The molecule has 0 aliphatic carbocycles. The molecule has 2 heterocycles. The lowest BCUT2D eigenvalue weighted by molar-refractivity contribution is 0.475. The van der Waals surface area contributed by atoms with E-state index in [0.29, 0.717) is 17.9 Å². The molecule has 1 atom stereocenters. The molecular weight excluding hydrogens is 497 g/mol. The highest BCUT2D eigenvalue weighted by molar-refractivity contribution is 9.10. The van der Waals surface area contributed by atoms with E-state index in [9.17, 15) is 13.2 Å². The first-order valence-corrected chi connectivity index (χ1v) is 11.8. The topological polar surface area (TPSA) is 95.2 Å².